The fraction of sp³-hybridized carbons (Fsp3) is 0.167. The highest BCUT2D eigenvalue weighted by molar-refractivity contribution is 7.89. The van der Waals surface area contributed by atoms with E-state index in [4.69, 9.17) is 11.6 Å². The topological polar surface area (TPSA) is 88.2 Å². The molecule has 0 saturated carbocycles. The van der Waals surface area contributed by atoms with Gasteiger partial charge in [-0.15, -0.1) is 11.3 Å². The SMILES string of the molecule is C[C@H](NS(=O)(=O)c1ccc(Cl)cc1)C(=O)Nc1nccs1. The van der Waals surface area contributed by atoms with E-state index in [1.807, 2.05) is 0 Å². The first-order valence-electron chi connectivity index (χ1n) is 5.87. The van der Waals surface area contributed by atoms with Gasteiger partial charge < -0.3 is 5.32 Å². The summed E-state index contributed by atoms with van der Waals surface area (Å²) in [6, 6.07) is 4.74. The van der Waals surface area contributed by atoms with E-state index in [9.17, 15) is 13.2 Å². The fourth-order valence-electron chi connectivity index (χ4n) is 1.47. The second kappa shape index (κ2) is 6.52. The van der Waals surface area contributed by atoms with Gasteiger partial charge in [-0.25, -0.2) is 13.4 Å². The number of amides is 1. The van der Waals surface area contributed by atoms with Gasteiger partial charge in [-0.1, -0.05) is 11.6 Å². The van der Waals surface area contributed by atoms with Crippen LogP contribution >= 0.6 is 22.9 Å². The van der Waals surface area contributed by atoms with Gasteiger partial charge in [0.25, 0.3) is 0 Å². The minimum atomic E-state index is -3.79. The summed E-state index contributed by atoms with van der Waals surface area (Å²) >= 11 is 6.96. The number of anilines is 1. The van der Waals surface area contributed by atoms with Crippen molar-refractivity contribution in [2.24, 2.45) is 0 Å². The molecule has 2 N–H and O–H groups in total. The number of carbonyl (C=O) groups is 1. The van der Waals surface area contributed by atoms with Crippen LogP contribution in [0.4, 0.5) is 5.13 Å². The molecule has 1 atom stereocenters. The Kier molecular flexibility index (Phi) is 4.94. The molecule has 6 nitrogen and oxygen atoms in total. The number of carbonyl (C=O) groups excluding carboxylic acids is 1. The highest BCUT2D eigenvalue weighted by atomic mass is 35.5. The Hall–Kier alpha value is -1.48. The van der Waals surface area contributed by atoms with Crippen molar-refractivity contribution in [3.05, 3.63) is 40.9 Å². The van der Waals surface area contributed by atoms with Gasteiger partial charge in [0.2, 0.25) is 15.9 Å². The Labute approximate surface area is 131 Å². The molecule has 0 aliphatic heterocycles. The smallest absolute Gasteiger partial charge is 0.244 e. The number of aromatic nitrogens is 1. The van der Waals surface area contributed by atoms with Gasteiger partial charge in [0.1, 0.15) is 0 Å². The number of benzene rings is 1. The van der Waals surface area contributed by atoms with Crippen LogP contribution in [0.2, 0.25) is 5.02 Å². The maximum atomic E-state index is 12.1. The maximum Gasteiger partial charge on any atom is 0.244 e. The normalized spacial score (nSPS) is 12.9. The van der Waals surface area contributed by atoms with Gasteiger partial charge in [0, 0.05) is 16.6 Å². The zero-order valence-electron chi connectivity index (χ0n) is 10.9. The summed E-state index contributed by atoms with van der Waals surface area (Å²) in [5, 5.41) is 5.08. The van der Waals surface area contributed by atoms with E-state index in [2.05, 4.69) is 15.0 Å². The first kappa shape index (κ1) is 15.9. The lowest BCUT2D eigenvalue weighted by molar-refractivity contribution is -0.117. The number of sulfonamides is 1. The Morgan fingerprint density at radius 1 is 1.33 bits per heavy atom. The summed E-state index contributed by atoms with van der Waals surface area (Å²) in [6.45, 7) is 1.45. The van der Waals surface area contributed by atoms with Crippen molar-refractivity contribution in [3.63, 3.8) is 0 Å². The largest absolute Gasteiger partial charge is 0.301 e. The molecule has 1 aromatic carbocycles. The average Bonchev–Trinajstić information content (AvgIpc) is 2.91. The van der Waals surface area contributed by atoms with Gasteiger partial charge in [-0.2, -0.15) is 4.72 Å². The third kappa shape index (κ3) is 4.24. The van der Waals surface area contributed by atoms with E-state index in [-0.39, 0.29) is 4.90 Å². The van der Waals surface area contributed by atoms with Crippen LogP contribution < -0.4 is 10.0 Å². The van der Waals surface area contributed by atoms with E-state index in [0.717, 1.165) is 0 Å². The Balaban J connectivity index is 2.05. The summed E-state index contributed by atoms with van der Waals surface area (Å²) in [5.41, 5.74) is 0. The number of nitrogens with one attached hydrogen (secondary N) is 2. The van der Waals surface area contributed by atoms with Crippen LogP contribution in [0.5, 0.6) is 0 Å². The minimum absolute atomic E-state index is 0.0424. The predicted octanol–water partition coefficient (Wildman–Crippen LogP) is 2.10. The van der Waals surface area contributed by atoms with Crippen LogP contribution in [-0.2, 0) is 14.8 Å². The van der Waals surface area contributed by atoms with Crippen molar-refractivity contribution in [1.29, 1.82) is 0 Å². The van der Waals surface area contributed by atoms with Crippen LogP contribution in [0.15, 0.2) is 40.7 Å². The summed E-state index contributed by atoms with van der Waals surface area (Å²) in [5.74, 6) is -0.484. The van der Waals surface area contributed by atoms with Gasteiger partial charge in [0.05, 0.1) is 10.9 Å². The molecule has 0 aliphatic carbocycles. The summed E-state index contributed by atoms with van der Waals surface area (Å²) < 4.78 is 26.5. The standard InChI is InChI=1S/C12H12ClN3O3S2/c1-8(11(17)15-12-14-6-7-20-12)16-21(18,19)10-4-2-9(13)3-5-10/h2-8,16H,1H3,(H,14,15,17)/t8-/m0/s1. The Morgan fingerprint density at radius 3 is 2.57 bits per heavy atom. The van der Waals surface area contributed by atoms with Crippen LogP contribution in [0.3, 0.4) is 0 Å². The third-order valence-corrected chi connectivity index (χ3v) is 5.01. The number of nitrogens with zero attached hydrogens (tertiary/aromatic N) is 1. The molecule has 1 amide bonds. The maximum absolute atomic E-state index is 12.1. The Morgan fingerprint density at radius 2 is 2.00 bits per heavy atom. The molecule has 0 fully saturated rings. The minimum Gasteiger partial charge on any atom is -0.301 e. The number of hydrogen-bond acceptors (Lipinski definition) is 5. The van der Waals surface area contributed by atoms with Crippen LogP contribution in [0.25, 0.3) is 0 Å². The van der Waals surface area contributed by atoms with Crippen LogP contribution in [-0.4, -0.2) is 25.4 Å². The molecule has 21 heavy (non-hydrogen) atoms. The lowest BCUT2D eigenvalue weighted by atomic mass is 10.3. The van der Waals surface area contributed by atoms with Crippen LogP contribution in [0, 0.1) is 0 Å². The second-order valence-corrected chi connectivity index (χ2v) is 7.17. The molecule has 2 aromatic rings. The summed E-state index contributed by atoms with van der Waals surface area (Å²) in [6.07, 6.45) is 1.54. The molecule has 0 saturated heterocycles. The number of hydrogen-bond donors (Lipinski definition) is 2. The summed E-state index contributed by atoms with van der Waals surface area (Å²) in [7, 11) is -3.79. The molecule has 1 heterocycles. The van der Waals surface area contributed by atoms with E-state index >= 15 is 0 Å². The fourth-order valence-corrected chi connectivity index (χ4v) is 3.33. The van der Waals surface area contributed by atoms with Crippen molar-refractivity contribution in [3.8, 4) is 0 Å². The van der Waals surface area contributed by atoms with Crippen molar-refractivity contribution < 1.29 is 13.2 Å². The molecule has 2 rings (SSSR count). The quantitative estimate of drug-likeness (QED) is 0.868. The van der Waals surface area contributed by atoms with Crippen LogP contribution in [0.1, 0.15) is 6.92 Å². The lowest BCUT2D eigenvalue weighted by Gasteiger charge is -2.13. The van der Waals surface area contributed by atoms with E-state index in [1.54, 1.807) is 11.6 Å². The van der Waals surface area contributed by atoms with E-state index in [1.165, 1.54) is 42.5 Å². The zero-order valence-corrected chi connectivity index (χ0v) is 13.3. The van der Waals surface area contributed by atoms with Crippen molar-refractivity contribution in [2.75, 3.05) is 5.32 Å². The molecular formula is C12H12ClN3O3S2. The average molecular weight is 346 g/mol. The molecule has 9 heteroatoms. The molecule has 1 aromatic heterocycles. The molecule has 0 aliphatic rings. The molecule has 112 valence electrons. The van der Waals surface area contributed by atoms with Crippen molar-refractivity contribution >= 4 is 44.0 Å². The van der Waals surface area contributed by atoms with E-state index < -0.39 is 22.0 Å². The molecule has 0 spiro atoms. The molecule has 0 bridgehead atoms. The first-order chi connectivity index (χ1) is 9.88. The monoisotopic (exact) mass is 345 g/mol. The Bertz CT molecular complexity index is 715. The van der Waals surface area contributed by atoms with Gasteiger partial charge in [0.15, 0.2) is 5.13 Å². The number of halogens is 1. The second-order valence-electron chi connectivity index (χ2n) is 4.12. The van der Waals surface area contributed by atoms with Gasteiger partial charge in [-0.3, -0.25) is 4.79 Å². The van der Waals surface area contributed by atoms with Crippen molar-refractivity contribution in [1.82, 2.24) is 9.71 Å². The van der Waals surface area contributed by atoms with Crippen molar-refractivity contribution in [2.45, 2.75) is 17.9 Å². The lowest BCUT2D eigenvalue weighted by Crippen LogP contribution is -2.41. The number of thiazole rings is 1. The molecule has 0 radical (unpaired) electrons. The third-order valence-electron chi connectivity index (χ3n) is 2.51. The number of rotatable bonds is 5. The predicted molar refractivity (Wildman–Crippen MR) is 82.0 cm³/mol. The summed E-state index contributed by atoms with van der Waals surface area (Å²) in [4.78, 5) is 15.8. The highest BCUT2D eigenvalue weighted by Gasteiger charge is 2.22. The van der Waals surface area contributed by atoms with E-state index in [0.29, 0.717) is 10.2 Å². The first-order valence-corrected chi connectivity index (χ1v) is 8.61. The molecular weight excluding hydrogens is 334 g/mol. The molecule has 0 unspecified atom stereocenters. The highest BCUT2D eigenvalue weighted by Crippen LogP contribution is 2.15. The zero-order chi connectivity index (χ0) is 15.5. The van der Waals surface area contributed by atoms with Gasteiger partial charge >= 0.3 is 0 Å². The van der Waals surface area contributed by atoms with Gasteiger partial charge in [-0.05, 0) is 31.2 Å².